The van der Waals surface area contributed by atoms with Crippen molar-refractivity contribution in [2.75, 3.05) is 17.6 Å². The van der Waals surface area contributed by atoms with E-state index in [1.165, 1.54) is 31.2 Å². The molecule has 9 nitrogen and oxygen atoms in total. The summed E-state index contributed by atoms with van der Waals surface area (Å²) in [6.07, 6.45) is -0.0683. The molecule has 1 aromatic carbocycles. The van der Waals surface area contributed by atoms with Gasteiger partial charge in [0.2, 0.25) is 11.4 Å². The van der Waals surface area contributed by atoms with Gasteiger partial charge < -0.3 is 21.2 Å². The van der Waals surface area contributed by atoms with E-state index in [9.17, 15) is 14.0 Å². The number of halogens is 1. The maximum absolute atomic E-state index is 13.0. The molecule has 1 aromatic heterocycles. The van der Waals surface area contributed by atoms with Crippen LogP contribution < -0.4 is 16.4 Å². The van der Waals surface area contributed by atoms with Gasteiger partial charge in [-0.3, -0.25) is 9.59 Å². The fraction of sp³-hybridized carbons (Fsp3) is 0.235. The van der Waals surface area contributed by atoms with Crippen LogP contribution in [0.4, 0.5) is 21.0 Å². The number of carbonyl (C=O) groups is 2. The van der Waals surface area contributed by atoms with E-state index in [1.807, 2.05) is 0 Å². The lowest BCUT2D eigenvalue weighted by Gasteiger charge is -2.18. The first-order chi connectivity index (χ1) is 13.3. The fourth-order valence-corrected chi connectivity index (χ4v) is 3.42. The molecule has 0 aliphatic carbocycles. The highest BCUT2D eigenvalue weighted by Crippen LogP contribution is 2.35. The first-order valence-electron chi connectivity index (χ1n) is 8.06. The lowest BCUT2D eigenvalue weighted by atomic mass is 9.93. The van der Waals surface area contributed by atoms with E-state index in [4.69, 9.17) is 15.8 Å². The van der Waals surface area contributed by atoms with E-state index in [2.05, 4.69) is 20.8 Å². The molecule has 1 aliphatic rings. The lowest BCUT2D eigenvalue weighted by molar-refractivity contribution is -0.114. The Morgan fingerprint density at radius 1 is 1.43 bits per heavy atom. The number of benzene rings is 1. The van der Waals surface area contributed by atoms with Crippen LogP contribution in [0.5, 0.6) is 0 Å². The van der Waals surface area contributed by atoms with Crippen LogP contribution in [0.15, 0.2) is 29.4 Å². The van der Waals surface area contributed by atoms with Gasteiger partial charge in [-0.1, -0.05) is 16.5 Å². The highest BCUT2D eigenvalue weighted by Gasteiger charge is 2.45. The van der Waals surface area contributed by atoms with Gasteiger partial charge in [-0.05, 0) is 31.2 Å². The number of nitrogens with zero attached hydrogens (tertiary/aromatic N) is 3. The molecular weight excluding hydrogens is 387 g/mol. The van der Waals surface area contributed by atoms with Crippen LogP contribution in [0, 0.1) is 17.1 Å². The molecule has 1 unspecified atom stereocenters. The van der Waals surface area contributed by atoms with Crippen LogP contribution in [0.1, 0.15) is 23.0 Å². The van der Waals surface area contributed by atoms with Crippen molar-refractivity contribution < 1.29 is 18.8 Å². The zero-order valence-electron chi connectivity index (χ0n) is 14.7. The molecule has 28 heavy (non-hydrogen) atoms. The number of oxime groups is 1. The minimum Gasteiger partial charge on any atom is -0.382 e. The van der Waals surface area contributed by atoms with E-state index in [1.54, 1.807) is 6.07 Å². The molecule has 1 aliphatic heterocycles. The second-order valence-electron chi connectivity index (χ2n) is 6.07. The summed E-state index contributed by atoms with van der Waals surface area (Å²) in [6, 6.07) is 7.40. The fourth-order valence-electron chi connectivity index (χ4n) is 2.45. The quantitative estimate of drug-likeness (QED) is 0.495. The van der Waals surface area contributed by atoms with E-state index >= 15 is 0 Å². The minimum absolute atomic E-state index is 0.00631. The number of hydrogen-bond acceptors (Lipinski definition) is 9. The van der Waals surface area contributed by atoms with E-state index in [0.717, 1.165) is 11.3 Å². The van der Waals surface area contributed by atoms with Crippen LogP contribution >= 0.6 is 11.3 Å². The predicted molar refractivity (Wildman–Crippen MR) is 101 cm³/mol. The SMILES string of the molecule is CC1(C(=O)c2sc(Nc3ccc(F)cc3)nc2N)CC(C(=O)NCC#N)=NO1. The number of nitrogens with two attached hydrogens (primary N) is 1. The van der Waals surface area contributed by atoms with Gasteiger partial charge in [0.05, 0.1) is 6.07 Å². The number of ketones is 1. The number of Topliss-reactive ketones (excluding diaryl/α,β-unsaturated/α-hetero) is 1. The maximum atomic E-state index is 13.0. The molecule has 0 spiro atoms. The van der Waals surface area contributed by atoms with Gasteiger partial charge in [-0.15, -0.1) is 0 Å². The van der Waals surface area contributed by atoms with Crippen LogP contribution in [-0.2, 0) is 9.63 Å². The predicted octanol–water partition coefficient (Wildman–Crippen LogP) is 1.97. The highest BCUT2D eigenvalue weighted by molar-refractivity contribution is 7.18. The Morgan fingerprint density at radius 2 is 2.14 bits per heavy atom. The summed E-state index contributed by atoms with van der Waals surface area (Å²) < 4.78 is 13.0. The zero-order valence-corrected chi connectivity index (χ0v) is 15.5. The molecule has 3 rings (SSSR count). The minimum atomic E-state index is -1.41. The first kappa shape index (κ1) is 19.2. The van der Waals surface area contributed by atoms with Crippen LogP contribution in [-0.4, -0.2) is 34.5 Å². The van der Waals surface area contributed by atoms with Gasteiger partial charge in [0.25, 0.3) is 5.91 Å². The van der Waals surface area contributed by atoms with Gasteiger partial charge >= 0.3 is 0 Å². The summed E-state index contributed by atoms with van der Waals surface area (Å²) >= 11 is 1.01. The maximum Gasteiger partial charge on any atom is 0.270 e. The molecule has 0 radical (unpaired) electrons. The molecule has 0 saturated heterocycles. The van der Waals surface area contributed by atoms with Crippen molar-refractivity contribution in [1.29, 1.82) is 5.26 Å². The number of thiazole rings is 1. The number of rotatable bonds is 6. The largest absolute Gasteiger partial charge is 0.382 e. The third-order valence-electron chi connectivity index (χ3n) is 3.89. The van der Waals surface area contributed by atoms with Crippen LogP contribution in [0.25, 0.3) is 0 Å². The molecular formula is C17H15FN6O3S. The van der Waals surface area contributed by atoms with E-state index in [0.29, 0.717) is 10.8 Å². The number of carbonyl (C=O) groups excluding carboxylic acids is 2. The number of nitrogen functional groups attached to an aromatic ring is 1. The van der Waals surface area contributed by atoms with Gasteiger partial charge in [-0.2, -0.15) is 5.26 Å². The highest BCUT2D eigenvalue weighted by atomic mass is 32.1. The molecule has 0 fully saturated rings. The summed E-state index contributed by atoms with van der Waals surface area (Å²) in [5.41, 5.74) is 5.06. The first-order valence-corrected chi connectivity index (χ1v) is 8.88. The normalized spacial score (nSPS) is 18.0. The number of hydrogen-bond donors (Lipinski definition) is 3. The second-order valence-corrected chi connectivity index (χ2v) is 7.07. The molecule has 4 N–H and O–H groups in total. The van der Waals surface area contributed by atoms with Crippen molar-refractivity contribution in [2.45, 2.75) is 18.9 Å². The Hall–Kier alpha value is -3.52. The second kappa shape index (κ2) is 7.61. The third kappa shape index (κ3) is 3.91. The molecule has 2 aromatic rings. The molecule has 1 amide bonds. The average molecular weight is 402 g/mol. The number of nitriles is 1. The molecule has 144 valence electrons. The smallest absolute Gasteiger partial charge is 0.270 e. The van der Waals surface area contributed by atoms with Crippen molar-refractivity contribution >= 4 is 45.4 Å². The Labute approximate surface area is 163 Å². The Kier molecular flexibility index (Phi) is 5.23. The molecule has 11 heteroatoms. The Balaban J connectivity index is 1.72. The summed E-state index contributed by atoms with van der Waals surface area (Å²) in [4.78, 5) is 34.3. The number of anilines is 3. The average Bonchev–Trinajstić information content (AvgIpc) is 3.25. The number of amides is 1. The van der Waals surface area contributed by atoms with Gasteiger partial charge in [-0.25, -0.2) is 9.37 Å². The van der Waals surface area contributed by atoms with Crippen molar-refractivity contribution in [3.05, 3.63) is 35.0 Å². The van der Waals surface area contributed by atoms with Crippen molar-refractivity contribution in [1.82, 2.24) is 10.3 Å². The summed E-state index contributed by atoms with van der Waals surface area (Å²) in [5, 5.41) is 17.8. The van der Waals surface area contributed by atoms with Gasteiger partial charge in [0.1, 0.15) is 28.8 Å². The van der Waals surface area contributed by atoms with Crippen LogP contribution in [0.2, 0.25) is 0 Å². The topological polar surface area (TPSA) is 142 Å². The van der Waals surface area contributed by atoms with Gasteiger partial charge in [0, 0.05) is 12.1 Å². The number of nitrogens with one attached hydrogen (secondary N) is 2. The Bertz CT molecular complexity index is 997. The lowest BCUT2D eigenvalue weighted by Crippen LogP contribution is -2.38. The Morgan fingerprint density at radius 3 is 2.82 bits per heavy atom. The zero-order chi connectivity index (χ0) is 20.3. The summed E-state index contributed by atoms with van der Waals surface area (Å²) in [6.45, 7) is 1.32. The molecule has 1 atom stereocenters. The van der Waals surface area contributed by atoms with Crippen molar-refractivity contribution in [3.63, 3.8) is 0 Å². The standard InChI is InChI=1S/C17H15FN6O3S/c1-17(8-11(24-27-17)15(26)21-7-6-19)13(25)12-14(20)23-16(28-12)22-10-4-2-9(18)3-5-10/h2-5H,7-8,20H2,1H3,(H,21,26)(H,22,23). The van der Waals surface area contributed by atoms with Crippen molar-refractivity contribution in [3.8, 4) is 6.07 Å². The summed E-state index contributed by atoms with van der Waals surface area (Å²) in [7, 11) is 0. The monoisotopic (exact) mass is 402 g/mol. The molecule has 0 bridgehead atoms. The molecule has 2 heterocycles. The summed E-state index contributed by atoms with van der Waals surface area (Å²) in [5.74, 6) is -1.41. The van der Waals surface area contributed by atoms with Crippen molar-refractivity contribution in [2.24, 2.45) is 5.16 Å². The van der Waals surface area contributed by atoms with Crippen LogP contribution in [0.3, 0.4) is 0 Å². The molecule has 0 saturated carbocycles. The number of aromatic nitrogens is 1. The van der Waals surface area contributed by atoms with E-state index in [-0.39, 0.29) is 35.2 Å². The van der Waals surface area contributed by atoms with E-state index < -0.39 is 17.3 Å². The van der Waals surface area contributed by atoms with Gasteiger partial charge in [0.15, 0.2) is 5.13 Å². The third-order valence-corrected chi connectivity index (χ3v) is 4.87.